The second-order valence-electron chi connectivity index (χ2n) is 6.61. The number of ether oxygens (including phenoxy) is 2. The lowest BCUT2D eigenvalue weighted by Gasteiger charge is -2.17. The minimum atomic E-state index is -0.237. The summed E-state index contributed by atoms with van der Waals surface area (Å²) in [5, 5.41) is 9.01. The van der Waals surface area contributed by atoms with Gasteiger partial charge in [-0.15, -0.1) is 0 Å². The summed E-state index contributed by atoms with van der Waals surface area (Å²) in [6.45, 7) is 7.92. The van der Waals surface area contributed by atoms with Crippen molar-refractivity contribution in [1.29, 1.82) is 0 Å². The summed E-state index contributed by atoms with van der Waals surface area (Å²) in [7, 11) is 0. The highest BCUT2D eigenvalue weighted by molar-refractivity contribution is 8.03. The maximum Gasteiger partial charge on any atom is 0.255 e. The third-order valence-corrected chi connectivity index (χ3v) is 5.45. The Balaban J connectivity index is 1.87. The molecule has 2 amide bonds. The number of nitrogens with two attached hydrogens (primary N) is 1. The number of hydrogen-bond donors (Lipinski definition) is 4. The molecular weight excluding hydrogens is 392 g/mol. The number of amides is 2. The fourth-order valence-corrected chi connectivity index (χ4v) is 3.70. The fraction of sp³-hybridized carbons (Fsp3) is 0.500. The number of rotatable bonds is 11. The van der Waals surface area contributed by atoms with Crippen molar-refractivity contribution >= 4 is 29.3 Å². The molecule has 1 aromatic rings. The van der Waals surface area contributed by atoms with Gasteiger partial charge in [-0.2, -0.15) is 0 Å². The van der Waals surface area contributed by atoms with Crippen molar-refractivity contribution in [1.82, 2.24) is 10.6 Å². The molecule has 0 fully saturated rings. The molecular formula is C20H30N4O4S. The second-order valence-corrected chi connectivity index (χ2v) is 7.93. The Morgan fingerprint density at radius 3 is 2.52 bits per heavy atom. The average Bonchev–Trinajstić information content (AvgIpc) is 2.98. The molecule has 1 aliphatic rings. The Morgan fingerprint density at radius 2 is 1.86 bits per heavy atom. The molecule has 0 saturated heterocycles. The van der Waals surface area contributed by atoms with Crippen LogP contribution in [0.15, 0.2) is 28.8 Å². The van der Waals surface area contributed by atoms with E-state index in [0.717, 1.165) is 16.2 Å². The molecule has 9 heteroatoms. The van der Waals surface area contributed by atoms with E-state index in [1.807, 2.05) is 32.9 Å². The van der Waals surface area contributed by atoms with Gasteiger partial charge in [0.05, 0.1) is 44.1 Å². The van der Waals surface area contributed by atoms with Crippen molar-refractivity contribution in [2.75, 3.05) is 38.3 Å². The quantitative estimate of drug-likeness (QED) is 0.403. The van der Waals surface area contributed by atoms with Crippen molar-refractivity contribution in [3.63, 3.8) is 0 Å². The van der Waals surface area contributed by atoms with E-state index < -0.39 is 0 Å². The van der Waals surface area contributed by atoms with Crippen molar-refractivity contribution < 1.29 is 19.1 Å². The highest BCUT2D eigenvalue weighted by atomic mass is 32.2. The van der Waals surface area contributed by atoms with E-state index in [-0.39, 0.29) is 30.3 Å². The Bertz CT molecular complexity index is 740. The van der Waals surface area contributed by atoms with Gasteiger partial charge >= 0.3 is 0 Å². The lowest BCUT2D eigenvalue weighted by molar-refractivity contribution is -0.117. The highest BCUT2D eigenvalue weighted by Gasteiger charge is 2.23. The monoisotopic (exact) mass is 422 g/mol. The van der Waals surface area contributed by atoms with Crippen LogP contribution in [-0.4, -0.2) is 50.3 Å². The molecule has 2 rings (SSSR count). The standard InChI is InChI=1S/C20H30N4O4S/c1-13-5-4-6-16(23-17(25)7-9-27-11-12-28-10-8-21)18(13)19(26)24-20-22-14(2)15(3)29-20/h4-6,20,22H,7-12,21H2,1-3H3,(H,23,25)(H,24,26). The first-order valence-electron chi connectivity index (χ1n) is 9.59. The van der Waals surface area contributed by atoms with E-state index in [4.69, 9.17) is 15.2 Å². The molecule has 1 heterocycles. The number of anilines is 1. The number of hydrogen-bond acceptors (Lipinski definition) is 7. The zero-order valence-electron chi connectivity index (χ0n) is 17.2. The van der Waals surface area contributed by atoms with Crippen molar-refractivity contribution in [3.05, 3.63) is 39.9 Å². The van der Waals surface area contributed by atoms with E-state index in [1.54, 1.807) is 17.8 Å². The summed E-state index contributed by atoms with van der Waals surface area (Å²) >= 11 is 1.56. The lowest BCUT2D eigenvalue weighted by atomic mass is 10.1. The summed E-state index contributed by atoms with van der Waals surface area (Å²) < 4.78 is 10.6. The van der Waals surface area contributed by atoms with Gasteiger partial charge in [-0.3, -0.25) is 9.59 Å². The number of nitrogens with one attached hydrogen (secondary N) is 3. The van der Waals surface area contributed by atoms with Crippen LogP contribution in [0.5, 0.6) is 0 Å². The van der Waals surface area contributed by atoms with Gasteiger partial charge in [0.1, 0.15) is 0 Å². The van der Waals surface area contributed by atoms with Crippen molar-refractivity contribution in [3.8, 4) is 0 Å². The molecule has 0 aromatic heterocycles. The molecule has 5 N–H and O–H groups in total. The second kappa shape index (κ2) is 11.8. The predicted octanol–water partition coefficient (Wildman–Crippen LogP) is 1.92. The molecule has 0 saturated carbocycles. The van der Waals surface area contributed by atoms with Gasteiger partial charge < -0.3 is 31.2 Å². The molecule has 0 bridgehead atoms. The third-order valence-electron chi connectivity index (χ3n) is 4.31. The maximum absolute atomic E-state index is 12.8. The van der Waals surface area contributed by atoms with Crippen molar-refractivity contribution in [2.45, 2.75) is 32.7 Å². The van der Waals surface area contributed by atoms with Crippen LogP contribution in [-0.2, 0) is 14.3 Å². The maximum atomic E-state index is 12.8. The smallest absolute Gasteiger partial charge is 0.255 e. The minimum Gasteiger partial charge on any atom is -0.379 e. The van der Waals surface area contributed by atoms with Crippen LogP contribution in [0.3, 0.4) is 0 Å². The first-order valence-corrected chi connectivity index (χ1v) is 10.5. The molecule has 1 aromatic carbocycles. The molecule has 0 aliphatic carbocycles. The van der Waals surface area contributed by atoms with E-state index >= 15 is 0 Å². The summed E-state index contributed by atoms with van der Waals surface area (Å²) in [4.78, 5) is 26.3. The van der Waals surface area contributed by atoms with E-state index in [2.05, 4.69) is 16.0 Å². The summed E-state index contributed by atoms with van der Waals surface area (Å²) in [6, 6.07) is 5.38. The molecule has 1 unspecified atom stereocenters. The van der Waals surface area contributed by atoms with Crippen LogP contribution in [0.4, 0.5) is 5.69 Å². The van der Waals surface area contributed by atoms with Gasteiger partial charge in [-0.05, 0) is 32.4 Å². The van der Waals surface area contributed by atoms with Crippen LogP contribution >= 0.6 is 11.8 Å². The number of allylic oxidation sites excluding steroid dienone is 2. The number of benzene rings is 1. The number of aryl methyl sites for hydroxylation is 1. The molecule has 29 heavy (non-hydrogen) atoms. The van der Waals surface area contributed by atoms with Gasteiger partial charge in [0.15, 0.2) is 5.50 Å². The third kappa shape index (κ3) is 7.36. The Morgan fingerprint density at radius 1 is 1.14 bits per heavy atom. The van der Waals surface area contributed by atoms with Gasteiger partial charge in [0, 0.05) is 17.1 Å². The molecule has 1 atom stereocenters. The van der Waals surface area contributed by atoms with Gasteiger partial charge in [-0.1, -0.05) is 23.9 Å². The van der Waals surface area contributed by atoms with Crippen LogP contribution in [0.2, 0.25) is 0 Å². The zero-order chi connectivity index (χ0) is 21.2. The average molecular weight is 423 g/mol. The molecule has 160 valence electrons. The van der Waals surface area contributed by atoms with Crippen molar-refractivity contribution in [2.24, 2.45) is 5.73 Å². The van der Waals surface area contributed by atoms with E-state index in [0.29, 0.717) is 37.6 Å². The minimum absolute atomic E-state index is 0.189. The number of carbonyl (C=O) groups is 2. The normalized spacial score (nSPS) is 15.9. The Labute approximate surface area is 176 Å². The van der Waals surface area contributed by atoms with Gasteiger partial charge in [-0.25, -0.2) is 0 Å². The summed E-state index contributed by atoms with van der Waals surface area (Å²) in [6.07, 6.45) is 0.189. The molecule has 0 spiro atoms. The summed E-state index contributed by atoms with van der Waals surface area (Å²) in [5.74, 6) is -0.451. The SMILES string of the molecule is CC1=C(C)SC(NC(=O)c2c(C)cccc2NC(=O)CCOCCOCCN)N1. The summed E-state index contributed by atoms with van der Waals surface area (Å²) in [5.41, 5.74) is 7.90. The van der Waals surface area contributed by atoms with Gasteiger partial charge in [0.25, 0.3) is 5.91 Å². The Kier molecular flexibility index (Phi) is 9.46. The van der Waals surface area contributed by atoms with E-state index in [1.165, 1.54) is 0 Å². The zero-order valence-corrected chi connectivity index (χ0v) is 18.0. The molecule has 8 nitrogen and oxygen atoms in total. The van der Waals surface area contributed by atoms with E-state index in [9.17, 15) is 9.59 Å². The largest absolute Gasteiger partial charge is 0.379 e. The highest BCUT2D eigenvalue weighted by Crippen LogP contribution is 2.28. The van der Waals surface area contributed by atoms with Crippen LogP contribution in [0.25, 0.3) is 0 Å². The first kappa shape index (κ1) is 23.2. The molecule has 1 aliphatic heterocycles. The predicted molar refractivity (Wildman–Crippen MR) is 115 cm³/mol. The topological polar surface area (TPSA) is 115 Å². The Hall–Kier alpha value is -2.07. The molecule has 0 radical (unpaired) electrons. The number of carbonyl (C=O) groups excluding carboxylic acids is 2. The van der Waals surface area contributed by atoms with Crippen LogP contribution in [0.1, 0.15) is 36.2 Å². The van der Waals surface area contributed by atoms with Crippen LogP contribution < -0.4 is 21.7 Å². The number of thioether (sulfide) groups is 1. The first-order chi connectivity index (χ1) is 13.9. The lowest BCUT2D eigenvalue weighted by Crippen LogP contribution is -2.40. The van der Waals surface area contributed by atoms with Crippen LogP contribution in [0, 0.1) is 6.92 Å². The fourth-order valence-electron chi connectivity index (χ4n) is 2.71. The van der Waals surface area contributed by atoms with Gasteiger partial charge in [0.2, 0.25) is 5.91 Å².